The molecule has 0 aliphatic heterocycles. The molecular formula is C15H31NO8P+. The molecule has 0 bridgehead atoms. The number of phosphoric acid groups is 1. The molecule has 2 atom stereocenters. The van der Waals surface area contributed by atoms with Crippen LogP contribution in [0, 0.1) is 0 Å². The fourth-order valence-electron chi connectivity index (χ4n) is 1.57. The molecule has 9 nitrogen and oxygen atoms in total. The number of ether oxygens (including phenoxy) is 2. The van der Waals surface area contributed by atoms with Crippen LogP contribution in [0.1, 0.15) is 33.1 Å². The van der Waals surface area contributed by atoms with Crippen LogP contribution in [0.15, 0.2) is 0 Å². The molecule has 0 amide bonds. The molecule has 1 unspecified atom stereocenters. The van der Waals surface area contributed by atoms with E-state index >= 15 is 0 Å². The average molecular weight is 384 g/mol. The molecule has 0 spiro atoms. The summed E-state index contributed by atoms with van der Waals surface area (Å²) in [6, 6.07) is 0. The Kier molecular flexibility index (Phi) is 11.1. The highest BCUT2D eigenvalue weighted by molar-refractivity contribution is 7.47. The monoisotopic (exact) mass is 384 g/mol. The van der Waals surface area contributed by atoms with Crippen molar-refractivity contribution in [1.29, 1.82) is 0 Å². The van der Waals surface area contributed by atoms with E-state index in [1.165, 1.54) is 6.92 Å². The number of quaternary nitrogens is 1. The van der Waals surface area contributed by atoms with Gasteiger partial charge in [-0.05, 0) is 6.42 Å². The van der Waals surface area contributed by atoms with Gasteiger partial charge in [0.05, 0.1) is 27.7 Å². The van der Waals surface area contributed by atoms with Crippen molar-refractivity contribution in [3.8, 4) is 0 Å². The van der Waals surface area contributed by atoms with E-state index in [-0.39, 0.29) is 19.6 Å². The molecule has 0 aromatic rings. The highest BCUT2D eigenvalue weighted by atomic mass is 31.2. The number of hydrogen-bond donors (Lipinski definition) is 1. The van der Waals surface area contributed by atoms with Crippen molar-refractivity contribution in [1.82, 2.24) is 0 Å². The summed E-state index contributed by atoms with van der Waals surface area (Å²) in [4.78, 5) is 32.2. The second-order valence-corrected chi connectivity index (χ2v) is 8.08. The SMILES string of the molecule is CCCCC(=O)OC[C@H](COP(=O)(O)OCC[N+](C)(C)C)OC(C)=O. The van der Waals surface area contributed by atoms with Gasteiger partial charge in [0, 0.05) is 13.3 Å². The zero-order chi connectivity index (χ0) is 19.5. The maximum absolute atomic E-state index is 11.8. The van der Waals surface area contributed by atoms with Crippen LogP contribution in [0.5, 0.6) is 0 Å². The van der Waals surface area contributed by atoms with Gasteiger partial charge in [-0.2, -0.15) is 0 Å². The molecule has 25 heavy (non-hydrogen) atoms. The first-order chi connectivity index (χ1) is 11.4. The Morgan fingerprint density at radius 1 is 1.16 bits per heavy atom. The van der Waals surface area contributed by atoms with Crippen molar-refractivity contribution in [2.24, 2.45) is 0 Å². The lowest BCUT2D eigenvalue weighted by molar-refractivity contribution is -0.870. The first-order valence-electron chi connectivity index (χ1n) is 8.20. The number of esters is 2. The van der Waals surface area contributed by atoms with Gasteiger partial charge in [0.25, 0.3) is 0 Å². The summed E-state index contributed by atoms with van der Waals surface area (Å²) in [7, 11) is 1.46. The summed E-state index contributed by atoms with van der Waals surface area (Å²) < 4.78 is 32.0. The third-order valence-corrected chi connectivity index (χ3v) is 3.92. The van der Waals surface area contributed by atoms with Gasteiger partial charge in [-0.15, -0.1) is 0 Å². The predicted octanol–water partition coefficient (Wildman–Crippen LogP) is 1.49. The number of nitrogens with zero attached hydrogens (tertiary/aromatic N) is 1. The lowest BCUT2D eigenvalue weighted by Gasteiger charge is -2.24. The predicted molar refractivity (Wildman–Crippen MR) is 90.7 cm³/mol. The molecule has 0 radical (unpaired) electrons. The number of unbranched alkanes of at least 4 members (excludes halogenated alkanes) is 1. The van der Waals surface area contributed by atoms with E-state index < -0.39 is 32.5 Å². The molecule has 0 heterocycles. The van der Waals surface area contributed by atoms with Crippen molar-refractivity contribution in [2.45, 2.75) is 39.2 Å². The number of hydrogen-bond acceptors (Lipinski definition) is 7. The first-order valence-corrected chi connectivity index (χ1v) is 9.70. The third kappa shape index (κ3) is 15.0. The minimum atomic E-state index is -4.28. The Bertz CT molecular complexity index is 463. The van der Waals surface area contributed by atoms with Crippen molar-refractivity contribution < 1.29 is 42.1 Å². The number of phosphoric ester groups is 1. The van der Waals surface area contributed by atoms with Gasteiger partial charge in [0.15, 0.2) is 6.10 Å². The highest BCUT2D eigenvalue weighted by Gasteiger charge is 2.26. The van der Waals surface area contributed by atoms with Crippen LogP contribution >= 0.6 is 7.82 Å². The van der Waals surface area contributed by atoms with E-state index in [0.717, 1.165) is 6.42 Å². The minimum Gasteiger partial charge on any atom is -0.462 e. The first kappa shape index (κ1) is 24.0. The lowest BCUT2D eigenvalue weighted by atomic mass is 10.2. The highest BCUT2D eigenvalue weighted by Crippen LogP contribution is 2.43. The normalized spacial score (nSPS) is 15.3. The largest absolute Gasteiger partial charge is 0.472 e. The average Bonchev–Trinajstić information content (AvgIpc) is 2.45. The maximum Gasteiger partial charge on any atom is 0.472 e. The van der Waals surface area contributed by atoms with Crippen LogP contribution in [0.2, 0.25) is 0 Å². The van der Waals surface area contributed by atoms with Gasteiger partial charge < -0.3 is 18.9 Å². The summed E-state index contributed by atoms with van der Waals surface area (Å²) in [6.45, 7) is 3.00. The van der Waals surface area contributed by atoms with Gasteiger partial charge in [0.2, 0.25) is 0 Å². The van der Waals surface area contributed by atoms with Gasteiger partial charge in [0.1, 0.15) is 19.8 Å². The fourth-order valence-corrected chi connectivity index (χ4v) is 2.32. The molecule has 0 aliphatic carbocycles. The third-order valence-electron chi connectivity index (χ3n) is 2.94. The van der Waals surface area contributed by atoms with Crippen LogP contribution in [0.4, 0.5) is 0 Å². The molecule has 1 N–H and O–H groups in total. The Hall–Kier alpha value is -0.990. The Balaban J connectivity index is 4.38. The smallest absolute Gasteiger partial charge is 0.462 e. The van der Waals surface area contributed by atoms with Gasteiger partial charge in [-0.3, -0.25) is 18.6 Å². The molecule has 0 rings (SSSR count). The fraction of sp³-hybridized carbons (Fsp3) is 0.867. The Labute approximate surface area is 149 Å². The zero-order valence-electron chi connectivity index (χ0n) is 15.7. The van der Waals surface area contributed by atoms with E-state index in [1.54, 1.807) is 0 Å². The summed E-state index contributed by atoms with van der Waals surface area (Å²) in [5.74, 6) is -1.04. The molecule has 0 fully saturated rings. The quantitative estimate of drug-likeness (QED) is 0.289. The van der Waals surface area contributed by atoms with Crippen LogP contribution in [-0.2, 0) is 32.7 Å². The zero-order valence-corrected chi connectivity index (χ0v) is 16.6. The van der Waals surface area contributed by atoms with Gasteiger partial charge in [-0.25, -0.2) is 4.57 Å². The maximum atomic E-state index is 11.8. The topological polar surface area (TPSA) is 108 Å². The van der Waals surface area contributed by atoms with E-state index in [1.807, 2.05) is 28.1 Å². The van der Waals surface area contributed by atoms with Crippen LogP contribution in [-0.4, -0.2) is 74.9 Å². The standard InChI is InChI=1S/C15H30NO8P/c1-6-7-8-15(18)21-11-14(24-13(2)17)12-23-25(19,20)22-10-9-16(3,4)5/h14H,6-12H2,1-5H3/p+1/t14-/m1/s1. The lowest BCUT2D eigenvalue weighted by Crippen LogP contribution is -2.37. The van der Waals surface area contributed by atoms with E-state index in [4.69, 9.17) is 18.5 Å². The molecule has 0 aliphatic rings. The summed E-state index contributed by atoms with van der Waals surface area (Å²) in [5, 5.41) is 0. The number of carbonyl (C=O) groups excluding carboxylic acids is 2. The van der Waals surface area contributed by atoms with Crippen molar-refractivity contribution >= 4 is 19.8 Å². The molecule has 0 saturated heterocycles. The Morgan fingerprint density at radius 3 is 2.32 bits per heavy atom. The molecule has 0 saturated carbocycles. The number of rotatable bonds is 13. The van der Waals surface area contributed by atoms with E-state index in [9.17, 15) is 19.0 Å². The van der Waals surface area contributed by atoms with Gasteiger partial charge in [-0.1, -0.05) is 13.3 Å². The molecule has 10 heteroatoms. The minimum absolute atomic E-state index is 0.0293. The van der Waals surface area contributed by atoms with Crippen molar-refractivity contribution in [2.75, 3.05) is 47.5 Å². The molecule has 148 valence electrons. The number of carbonyl (C=O) groups is 2. The van der Waals surface area contributed by atoms with Crippen LogP contribution in [0.3, 0.4) is 0 Å². The van der Waals surface area contributed by atoms with E-state index in [0.29, 0.717) is 17.4 Å². The van der Waals surface area contributed by atoms with Crippen LogP contribution < -0.4 is 0 Å². The summed E-state index contributed by atoms with van der Waals surface area (Å²) in [5.41, 5.74) is 0. The van der Waals surface area contributed by atoms with Crippen LogP contribution in [0.25, 0.3) is 0 Å². The summed E-state index contributed by atoms with van der Waals surface area (Å²) >= 11 is 0. The summed E-state index contributed by atoms with van der Waals surface area (Å²) in [6.07, 6.45) is 0.825. The number of likely N-dealkylation sites (N-methyl/N-ethyl adjacent to an activating group) is 1. The van der Waals surface area contributed by atoms with Gasteiger partial charge >= 0.3 is 19.8 Å². The second-order valence-electron chi connectivity index (χ2n) is 6.63. The van der Waals surface area contributed by atoms with E-state index in [2.05, 4.69) is 0 Å². The van der Waals surface area contributed by atoms with Crippen molar-refractivity contribution in [3.63, 3.8) is 0 Å². The second kappa shape index (κ2) is 11.6. The Morgan fingerprint density at radius 2 is 1.80 bits per heavy atom. The molecule has 0 aromatic heterocycles. The van der Waals surface area contributed by atoms with Crippen molar-refractivity contribution in [3.05, 3.63) is 0 Å². The molecular weight excluding hydrogens is 353 g/mol. The molecule has 0 aromatic carbocycles.